The lowest BCUT2D eigenvalue weighted by Crippen LogP contribution is -2.37. The van der Waals surface area contributed by atoms with Gasteiger partial charge in [0.1, 0.15) is 11.6 Å². The van der Waals surface area contributed by atoms with Gasteiger partial charge in [-0.25, -0.2) is 8.78 Å². The quantitative estimate of drug-likeness (QED) is 0.819. The molecule has 0 saturated heterocycles. The van der Waals surface area contributed by atoms with Crippen molar-refractivity contribution in [2.75, 3.05) is 6.54 Å². The van der Waals surface area contributed by atoms with Gasteiger partial charge < -0.3 is 5.32 Å². The third-order valence-corrected chi connectivity index (χ3v) is 4.57. The summed E-state index contributed by atoms with van der Waals surface area (Å²) in [5.41, 5.74) is 0.758. The van der Waals surface area contributed by atoms with Crippen molar-refractivity contribution in [2.45, 2.75) is 52.0 Å². The fourth-order valence-electron chi connectivity index (χ4n) is 3.50. The summed E-state index contributed by atoms with van der Waals surface area (Å²) in [7, 11) is 0. The summed E-state index contributed by atoms with van der Waals surface area (Å²) in [6.45, 7) is 5.23. The van der Waals surface area contributed by atoms with Crippen LogP contribution in [0.2, 0.25) is 0 Å². The Morgan fingerprint density at radius 2 is 1.85 bits per heavy atom. The summed E-state index contributed by atoms with van der Waals surface area (Å²) in [6.07, 6.45) is 5.72. The number of nitrogens with one attached hydrogen (secondary N) is 1. The Labute approximate surface area is 120 Å². The molecule has 1 saturated carbocycles. The summed E-state index contributed by atoms with van der Waals surface area (Å²) >= 11 is 0. The van der Waals surface area contributed by atoms with E-state index < -0.39 is 11.6 Å². The monoisotopic (exact) mass is 281 g/mol. The van der Waals surface area contributed by atoms with Crippen molar-refractivity contribution < 1.29 is 8.78 Å². The van der Waals surface area contributed by atoms with Gasteiger partial charge in [0.05, 0.1) is 0 Å². The van der Waals surface area contributed by atoms with E-state index in [9.17, 15) is 8.78 Å². The van der Waals surface area contributed by atoms with Gasteiger partial charge in [-0.2, -0.15) is 0 Å². The number of hydrogen-bond acceptors (Lipinski definition) is 1. The van der Waals surface area contributed by atoms with Crippen molar-refractivity contribution in [3.05, 3.63) is 35.4 Å². The van der Waals surface area contributed by atoms with Crippen LogP contribution in [0.5, 0.6) is 0 Å². The first-order valence-corrected chi connectivity index (χ1v) is 7.80. The van der Waals surface area contributed by atoms with E-state index in [1.165, 1.54) is 37.8 Å². The molecule has 0 aliphatic heterocycles. The highest BCUT2D eigenvalue weighted by atomic mass is 19.1. The summed E-state index contributed by atoms with van der Waals surface area (Å²) < 4.78 is 26.6. The van der Waals surface area contributed by atoms with Crippen LogP contribution in [0, 0.1) is 23.5 Å². The second kappa shape index (κ2) is 7.16. The molecular weight excluding hydrogens is 256 g/mol. The van der Waals surface area contributed by atoms with E-state index in [4.69, 9.17) is 0 Å². The summed E-state index contributed by atoms with van der Waals surface area (Å²) in [5, 5.41) is 3.51. The van der Waals surface area contributed by atoms with Crippen LogP contribution < -0.4 is 5.32 Å². The minimum atomic E-state index is -0.479. The molecular formula is C17H25F2N. The standard InChI is InChI=1S/C17H25F2N/c1-3-12-5-6-14(7-12)17(20-4-2)10-13-8-15(18)11-16(19)9-13/h8-9,11-12,14,17,20H,3-7,10H2,1-2H3. The Morgan fingerprint density at radius 1 is 1.15 bits per heavy atom. The maximum absolute atomic E-state index is 13.3. The number of rotatable bonds is 6. The van der Waals surface area contributed by atoms with Crippen molar-refractivity contribution in [3.63, 3.8) is 0 Å². The van der Waals surface area contributed by atoms with Crippen LogP contribution in [0.15, 0.2) is 18.2 Å². The molecule has 1 aliphatic carbocycles. The van der Waals surface area contributed by atoms with Gasteiger partial charge in [-0.1, -0.05) is 26.7 Å². The average Bonchev–Trinajstić information content (AvgIpc) is 2.85. The summed E-state index contributed by atoms with van der Waals surface area (Å²) in [6, 6.07) is 4.19. The van der Waals surface area contributed by atoms with Crippen LogP contribution in [0.25, 0.3) is 0 Å². The first kappa shape index (κ1) is 15.4. The Kier molecular flexibility index (Phi) is 5.53. The molecule has 0 spiro atoms. The molecule has 3 heteroatoms. The molecule has 112 valence electrons. The normalized spacial score (nSPS) is 24.0. The Hall–Kier alpha value is -0.960. The number of hydrogen-bond donors (Lipinski definition) is 1. The molecule has 0 amide bonds. The minimum Gasteiger partial charge on any atom is -0.314 e. The molecule has 1 aromatic rings. The number of halogens is 2. The van der Waals surface area contributed by atoms with Crippen molar-refractivity contribution >= 4 is 0 Å². The van der Waals surface area contributed by atoms with Gasteiger partial charge in [-0.3, -0.25) is 0 Å². The number of likely N-dealkylation sites (N-methyl/N-ethyl adjacent to an activating group) is 1. The second-order valence-electron chi connectivity index (χ2n) is 5.99. The topological polar surface area (TPSA) is 12.0 Å². The molecule has 0 radical (unpaired) electrons. The third-order valence-electron chi connectivity index (χ3n) is 4.57. The average molecular weight is 281 g/mol. The SMILES string of the molecule is CCNC(Cc1cc(F)cc(F)c1)C1CCC(CC)C1. The molecule has 0 heterocycles. The second-order valence-corrected chi connectivity index (χ2v) is 5.99. The summed E-state index contributed by atoms with van der Waals surface area (Å²) in [5.74, 6) is 0.498. The zero-order chi connectivity index (χ0) is 14.5. The maximum Gasteiger partial charge on any atom is 0.126 e. The minimum absolute atomic E-state index is 0.331. The zero-order valence-electron chi connectivity index (χ0n) is 12.5. The van der Waals surface area contributed by atoms with Crippen LogP contribution in [-0.4, -0.2) is 12.6 Å². The van der Waals surface area contributed by atoms with Gasteiger partial charge in [0.2, 0.25) is 0 Å². The van der Waals surface area contributed by atoms with Crippen LogP contribution in [0.4, 0.5) is 8.78 Å². The van der Waals surface area contributed by atoms with Crippen LogP contribution >= 0.6 is 0 Å². The van der Waals surface area contributed by atoms with Gasteiger partial charge >= 0.3 is 0 Å². The molecule has 1 aliphatic rings. The molecule has 1 aromatic carbocycles. The molecule has 20 heavy (non-hydrogen) atoms. The first-order valence-electron chi connectivity index (χ1n) is 7.80. The highest BCUT2D eigenvalue weighted by Crippen LogP contribution is 2.35. The van der Waals surface area contributed by atoms with Crippen molar-refractivity contribution in [3.8, 4) is 0 Å². The van der Waals surface area contributed by atoms with Gasteiger partial charge in [0.15, 0.2) is 0 Å². The Morgan fingerprint density at radius 3 is 2.40 bits per heavy atom. The molecule has 1 N–H and O–H groups in total. The smallest absolute Gasteiger partial charge is 0.126 e. The zero-order valence-corrected chi connectivity index (χ0v) is 12.5. The highest BCUT2D eigenvalue weighted by Gasteiger charge is 2.29. The fourth-order valence-corrected chi connectivity index (χ4v) is 3.50. The molecule has 2 rings (SSSR count). The highest BCUT2D eigenvalue weighted by molar-refractivity contribution is 5.19. The van der Waals surface area contributed by atoms with E-state index in [1.807, 2.05) is 0 Å². The van der Waals surface area contributed by atoms with E-state index in [1.54, 1.807) is 0 Å². The first-order chi connectivity index (χ1) is 9.62. The van der Waals surface area contributed by atoms with E-state index in [2.05, 4.69) is 19.2 Å². The van der Waals surface area contributed by atoms with Crippen molar-refractivity contribution in [1.82, 2.24) is 5.32 Å². The fraction of sp³-hybridized carbons (Fsp3) is 0.647. The molecule has 3 unspecified atom stereocenters. The molecule has 1 fully saturated rings. The van der Waals surface area contributed by atoms with Crippen LogP contribution in [0.3, 0.4) is 0 Å². The van der Waals surface area contributed by atoms with Crippen molar-refractivity contribution in [2.24, 2.45) is 11.8 Å². The van der Waals surface area contributed by atoms with E-state index in [0.717, 1.165) is 24.1 Å². The lowest BCUT2D eigenvalue weighted by atomic mass is 9.91. The van der Waals surface area contributed by atoms with E-state index in [0.29, 0.717) is 18.4 Å². The maximum atomic E-state index is 13.3. The Balaban J connectivity index is 2.05. The van der Waals surface area contributed by atoms with Gasteiger partial charge in [0, 0.05) is 12.1 Å². The van der Waals surface area contributed by atoms with Gasteiger partial charge in [-0.05, 0) is 55.3 Å². The molecule has 1 nitrogen and oxygen atoms in total. The van der Waals surface area contributed by atoms with Crippen molar-refractivity contribution in [1.29, 1.82) is 0 Å². The van der Waals surface area contributed by atoms with Crippen LogP contribution in [-0.2, 0) is 6.42 Å². The predicted octanol–water partition coefficient (Wildman–Crippen LogP) is 4.31. The molecule has 0 bridgehead atoms. The number of benzene rings is 1. The van der Waals surface area contributed by atoms with Gasteiger partial charge in [0.25, 0.3) is 0 Å². The summed E-state index contributed by atoms with van der Waals surface area (Å²) in [4.78, 5) is 0. The lowest BCUT2D eigenvalue weighted by molar-refractivity contribution is 0.348. The third kappa shape index (κ3) is 4.02. The largest absolute Gasteiger partial charge is 0.314 e. The van der Waals surface area contributed by atoms with E-state index >= 15 is 0 Å². The lowest BCUT2D eigenvalue weighted by Gasteiger charge is -2.25. The molecule has 3 atom stereocenters. The Bertz CT molecular complexity index is 413. The predicted molar refractivity (Wildman–Crippen MR) is 78.6 cm³/mol. The van der Waals surface area contributed by atoms with Gasteiger partial charge in [-0.15, -0.1) is 0 Å². The van der Waals surface area contributed by atoms with Crippen LogP contribution in [0.1, 0.15) is 45.1 Å². The van der Waals surface area contributed by atoms with E-state index in [-0.39, 0.29) is 0 Å². The molecule has 0 aromatic heterocycles.